The molecule has 5 nitrogen and oxygen atoms in total. The molecule has 4 atom stereocenters. The van der Waals surface area contributed by atoms with Gasteiger partial charge in [0.15, 0.2) is 0 Å². The van der Waals surface area contributed by atoms with E-state index in [2.05, 4.69) is 25.7 Å². The highest BCUT2D eigenvalue weighted by molar-refractivity contribution is 5.90. The van der Waals surface area contributed by atoms with Crippen molar-refractivity contribution in [2.24, 2.45) is 17.8 Å². The minimum atomic E-state index is -0.568. The van der Waals surface area contributed by atoms with Crippen LogP contribution in [-0.4, -0.2) is 30.4 Å². The van der Waals surface area contributed by atoms with Gasteiger partial charge in [0.1, 0.15) is 11.9 Å². The van der Waals surface area contributed by atoms with Crippen molar-refractivity contribution in [2.75, 3.05) is 6.61 Å². The van der Waals surface area contributed by atoms with Crippen molar-refractivity contribution >= 4 is 17.7 Å². The molecular formula is C25H40O5. The molecule has 5 heteroatoms. The van der Waals surface area contributed by atoms with Crippen molar-refractivity contribution in [2.45, 2.75) is 104 Å². The van der Waals surface area contributed by atoms with E-state index in [1.54, 1.807) is 13.8 Å². The number of ketones is 1. The van der Waals surface area contributed by atoms with E-state index in [1.165, 1.54) is 12.8 Å². The van der Waals surface area contributed by atoms with E-state index in [1.807, 2.05) is 0 Å². The van der Waals surface area contributed by atoms with Gasteiger partial charge in [-0.2, -0.15) is 0 Å². The maximum absolute atomic E-state index is 13.0. The van der Waals surface area contributed by atoms with Crippen LogP contribution in [0, 0.1) is 29.6 Å². The second-order valence-corrected chi connectivity index (χ2v) is 8.09. The zero-order chi connectivity index (χ0) is 22.4. The maximum Gasteiger partial charge on any atom is 0.309 e. The number of rotatable bonds is 13. The first-order chi connectivity index (χ1) is 14.5. The zero-order valence-corrected chi connectivity index (χ0v) is 19.3. The fourth-order valence-corrected chi connectivity index (χ4v) is 4.06. The van der Waals surface area contributed by atoms with Gasteiger partial charge >= 0.3 is 11.9 Å². The van der Waals surface area contributed by atoms with Gasteiger partial charge in [-0.1, -0.05) is 65.2 Å². The first-order valence-corrected chi connectivity index (χ1v) is 11.9. The van der Waals surface area contributed by atoms with E-state index in [4.69, 9.17) is 9.47 Å². The van der Waals surface area contributed by atoms with Gasteiger partial charge < -0.3 is 9.47 Å². The highest BCUT2D eigenvalue weighted by atomic mass is 16.5. The molecule has 1 aliphatic rings. The van der Waals surface area contributed by atoms with Crippen molar-refractivity contribution in [1.82, 2.24) is 0 Å². The topological polar surface area (TPSA) is 69.7 Å². The number of carbonyl (C=O) groups excluding carboxylic acids is 3. The van der Waals surface area contributed by atoms with Crippen LogP contribution < -0.4 is 0 Å². The van der Waals surface area contributed by atoms with Crippen molar-refractivity contribution in [3.63, 3.8) is 0 Å². The lowest BCUT2D eigenvalue weighted by atomic mass is 9.80. The molecule has 0 saturated heterocycles. The molecule has 0 bridgehead atoms. The molecule has 0 aromatic heterocycles. The van der Waals surface area contributed by atoms with Crippen LogP contribution in [-0.2, 0) is 23.9 Å². The molecule has 1 unspecified atom stereocenters. The Kier molecular flexibility index (Phi) is 13.1. The predicted octanol–water partition coefficient (Wildman–Crippen LogP) is 5.25. The SMILES string of the molecule is CCCCCCC#C[C@H]1[C@H](OC(=O)CC)CC(=O)[C@H]1C(CCCCC)C(=O)OCC. The van der Waals surface area contributed by atoms with Gasteiger partial charge in [-0.3, -0.25) is 14.4 Å². The summed E-state index contributed by atoms with van der Waals surface area (Å²) in [5.74, 6) is 4.23. The average Bonchev–Trinajstić information content (AvgIpc) is 3.02. The molecule has 0 aromatic carbocycles. The summed E-state index contributed by atoms with van der Waals surface area (Å²) in [5.41, 5.74) is 0. The summed E-state index contributed by atoms with van der Waals surface area (Å²) in [5, 5.41) is 0. The standard InChI is InChI=1S/C25H40O5/c1-5-9-11-12-13-15-16-19-22(30-23(27)7-3)18-21(26)24(19)20(17-14-10-6-2)25(28)29-8-4/h19-20,22,24H,5-14,17-18H2,1-4H3/t19-,20?,22+,24+/m0/s1. The summed E-state index contributed by atoms with van der Waals surface area (Å²) in [6.07, 6.45) is 8.58. The molecule has 0 N–H and O–H groups in total. The molecule has 1 fully saturated rings. The molecule has 1 saturated carbocycles. The third-order valence-corrected chi connectivity index (χ3v) is 5.70. The molecule has 0 spiro atoms. The molecule has 30 heavy (non-hydrogen) atoms. The van der Waals surface area contributed by atoms with Crippen molar-refractivity contribution in [1.29, 1.82) is 0 Å². The van der Waals surface area contributed by atoms with Crippen LogP contribution in [0.5, 0.6) is 0 Å². The molecule has 0 aromatic rings. The molecule has 1 aliphatic carbocycles. The minimum absolute atomic E-state index is 0.0382. The smallest absolute Gasteiger partial charge is 0.309 e. The molecule has 0 radical (unpaired) electrons. The average molecular weight is 421 g/mol. The Balaban J connectivity index is 3.06. The van der Waals surface area contributed by atoms with E-state index in [-0.39, 0.29) is 37.2 Å². The van der Waals surface area contributed by atoms with E-state index >= 15 is 0 Å². The Morgan fingerprint density at radius 2 is 1.73 bits per heavy atom. The van der Waals surface area contributed by atoms with Gasteiger partial charge in [0.2, 0.25) is 0 Å². The van der Waals surface area contributed by atoms with Crippen LogP contribution in [0.1, 0.15) is 98.3 Å². The first-order valence-electron chi connectivity index (χ1n) is 11.9. The summed E-state index contributed by atoms with van der Waals surface area (Å²) >= 11 is 0. The fourth-order valence-electron chi connectivity index (χ4n) is 4.06. The van der Waals surface area contributed by atoms with E-state index in [0.29, 0.717) is 6.42 Å². The summed E-state index contributed by atoms with van der Waals surface area (Å²) < 4.78 is 10.9. The lowest BCUT2D eigenvalue weighted by Gasteiger charge is -2.25. The number of carbonyl (C=O) groups is 3. The van der Waals surface area contributed by atoms with Crippen LogP contribution in [0.3, 0.4) is 0 Å². The van der Waals surface area contributed by atoms with Crippen molar-refractivity contribution in [3.8, 4) is 11.8 Å². The van der Waals surface area contributed by atoms with E-state index < -0.39 is 23.9 Å². The monoisotopic (exact) mass is 420 g/mol. The number of hydrogen-bond donors (Lipinski definition) is 0. The quantitative estimate of drug-likeness (QED) is 0.231. The Morgan fingerprint density at radius 3 is 2.37 bits per heavy atom. The molecular weight excluding hydrogens is 380 g/mol. The van der Waals surface area contributed by atoms with Gasteiger partial charge in [0.05, 0.1) is 18.4 Å². The summed E-state index contributed by atoms with van der Waals surface area (Å²) in [6.45, 7) is 8.06. The number of hydrogen-bond acceptors (Lipinski definition) is 5. The predicted molar refractivity (Wildman–Crippen MR) is 118 cm³/mol. The lowest BCUT2D eigenvalue weighted by Crippen LogP contribution is -2.34. The molecule has 170 valence electrons. The highest BCUT2D eigenvalue weighted by Gasteiger charge is 2.49. The van der Waals surface area contributed by atoms with Gasteiger partial charge in [-0.05, 0) is 19.8 Å². The Morgan fingerprint density at radius 1 is 1.03 bits per heavy atom. The van der Waals surface area contributed by atoms with E-state index in [9.17, 15) is 14.4 Å². The highest BCUT2D eigenvalue weighted by Crippen LogP contribution is 2.39. The van der Waals surface area contributed by atoms with Gasteiger partial charge in [-0.15, -0.1) is 5.92 Å². The summed E-state index contributed by atoms with van der Waals surface area (Å²) in [4.78, 5) is 37.6. The Hall–Kier alpha value is -1.83. The van der Waals surface area contributed by atoms with Crippen LogP contribution >= 0.6 is 0 Å². The number of Topliss-reactive ketones (excluding diaryl/α,β-unsaturated/α-hetero) is 1. The van der Waals surface area contributed by atoms with Gasteiger partial charge in [0, 0.05) is 25.2 Å². The molecule has 1 rings (SSSR count). The third-order valence-electron chi connectivity index (χ3n) is 5.70. The van der Waals surface area contributed by atoms with Gasteiger partial charge in [-0.25, -0.2) is 0 Å². The fraction of sp³-hybridized carbons (Fsp3) is 0.800. The molecule has 0 aliphatic heterocycles. The Labute approximate surface area is 182 Å². The molecule has 0 amide bonds. The summed E-state index contributed by atoms with van der Waals surface area (Å²) in [6, 6.07) is 0. The maximum atomic E-state index is 13.0. The Bertz CT molecular complexity index is 600. The first kappa shape index (κ1) is 26.2. The number of ether oxygens (including phenoxy) is 2. The van der Waals surface area contributed by atoms with Crippen LogP contribution in [0.2, 0.25) is 0 Å². The normalized spacial score (nSPS) is 21.6. The van der Waals surface area contributed by atoms with Crippen LogP contribution in [0.25, 0.3) is 0 Å². The zero-order valence-electron chi connectivity index (χ0n) is 19.3. The van der Waals surface area contributed by atoms with Crippen molar-refractivity contribution in [3.05, 3.63) is 0 Å². The number of esters is 2. The second kappa shape index (κ2) is 15.0. The summed E-state index contributed by atoms with van der Waals surface area (Å²) in [7, 11) is 0. The van der Waals surface area contributed by atoms with Crippen LogP contribution in [0.15, 0.2) is 0 Å². The minimum Gasteiger partial charge on any atom is -0.466 e. The lowest BCUT2D eigenvalue weighted by molar-refractivity contribution is -0.153. The van der Waals surface area contributed by atoms with Crippen LogP contribution in [0.4, 0.5) is 0 Å². The van der Waals surface area contributed by atoms with Crippen molar-refractivity contribution < 1.29 is 23.9 Å². The molecule has 0 heterocycles. The van der Waals surface area contributed by atoms with Gasteiger partial charge in [0.25, 0.3) is 0 Å². The third kappa shape index (κ3) is 8.50. The number of unbranched alkanes of at least 4 members (excludes halogenated alkanes) is 6. The second-order valence-electron chi connectivity index (χ2n) is 8.09. The van der Waals surface area contributed by atoms with E-state index in [0.717, 1.165) is 38.5 Å². The largest absolute Gasteiger partial charge is 0.466 e.